The summed E-state index contributed by atoms with van der Waals surface area (Å²) in [4.78, 5) is 2.39. The van der Waals surface area contributed by atoms with Gasteiger partial charge in [-0.05, 0) is 44.1 Å². The second-order valence-electron chi connectivity index (χ2n) is 4.55. The van der Waals surface area contributed by atoms with Gasteiger partial charge in [-0.15, -0.1) is 0 Å². The maximum atomic E-state index is 8.55. The lowest BCUT2D eigenvalue weighted by atomic mass is 10.2. The fourth-order valence-corrected chi connectivity index (χ4v) is 2.24. The fourth-order valence-electron chi connectivity index (χ4n) is 2.24. The van der Waals surface area contributed by atoms with Gasteiger partial charge in [0.15, 0.2) is 11.5 Å². The molecular weight excluding hydrogens is 244 g/mol. The van der Waals surface area contributed by atoms with Gasteiger partial charge in [0.05, 0.1) is 13.3 Å². The lowest BCUT2D eigenvalue weighted by molar-refractivity contribution is 0.230. The van der Waals surface area contributed by atoms with Crippen LogP contribution in [-0.2, 0) is 0 Å². The molecular formula is C14H20N2O3. The molecule has 0 unspecified atom stereocenters. The second-order valence-corrected chi connectivity index (χ2v) is 4.55. The Morgan fingerprint density at radius 2 is 2.11 bits per heavy atom. The van der Waals surface area contributed by atoms with E-state index in [2.05, 4.69) is 10.1 Å². The molecule has 1 N–H and O–H groups in total. The molecule has 0 atom stereocenters. The Morgan fingerprint density at radius 3 is 2.79 bits per heavy atom. The largest absolute Gasteiger partial charge is 0.493 e. The molecule has 1 aromatic carbocycles. The monoisotopic (exact) mass is 264 g/mol. The molecule has 5 nitrogen and oxygen atoms in total. The number of ether oxygens (including phenoxy) is 2. The molecule has 1 aliphatic rings. The van der Waals surface area contributed by atoms with Crippen LogP contribution in [0.4, 0.5) is 0 Å². The van der Waals surface area contributed by atoms with Crippen LogP contribution in [0.5, 0.6) is 11.5 Å². The predicted molar refractivity (Wildman–Crippen MR) is 73.5 cm³/mol. The Bertz CT molecular complexity index is 429. The molecule has 5 heteroatoms. The molecule has 104 valence electrons. The highest BCUT2D eigenvalue weighted by atomic mass is 16.5. The second kappa shape index (κ2) is 6.99. The molecule has 0 bridgehead atoms. The summed E-state index contributed by atoms with van der Waals surface area (Å²) in [6.07, 6.45) is 3.93. The van der Waals surface area contributed by atoms with Gasteiger partial charge in [0, 0.05) is 12.1 Å². The molecule has 0 radical (unpaired) electrons. The first-order valence-electron chi connectivity index (χ1n) is 6.54. The van der Waals surface area contributed by atoms with Crippen molar-refractivity contribution < 1.29 is 14.7 Å². The minimum atomic E-state index is 0.635. The zero-order chi connectivity index (χ0) is 13.5. The van der Waals surface area contributed by atoms with Gasteiger partial charge < -0.3 is 14.7 Å². The first-order chi connectivity index (χ1) is 9.33. The summed E-state index contributed by atoms with van der Waals surface area (Å²) in [5, 5.41) is 11.6. The third-order valence-corrected chi connectivity index (χ3v) is 3.26. The van der Waals surface area contributed by atoms with Crippen molar-refractivity contribution in [2.24, 2.45) is 5.16 Å². The van der Waals surface area contributed by atoms with Crippen LogP contribution in [0.25, 0.3) is 0 Å². The Balaban J connectivity index is 1.94. The molecule has 1 heterocycles. The van der Waals surface area contributed by atoms with Crippen molar-refractivity contribution in [3.63, 3.8) is 0 Å². The quantitative estimate of drug-likeness (QED) is 0.485. The summed E-state index contributed by atoms with van der Waals surface area (Å²) < 4.78 is 11.0. The Morgan fingerprint density at radius 1 is 1.32 bits per heavy atom. The highest BCUT2D eigenvalue weighted by Gasteiger charge is 2.11. The number of rotatable bonds is 6. The zero-order valence-corrected chi connectivity index (χ0v) is 11.2. The lowest BCUT2D eigenvalue weighted by Crippen LogP contribution is -2.25. The van der Waals surface area contributed by atoms with Crippen molar-refractivity contribution >= 4 is 6.21 Å². The number of oxime groups is 1. The summed E-state index contributed by atoms with van der Waals surface area (Å²) in [6, 6.07) is 5.43. The minimum Gasteiger partial charge on any atom is -0.493 e. The number of methoxy groups -OCH3 is 1. The van der Waals surface area contributed by atoms with E-state index < -0.39 is 0 Å². The number of likely N-dealkylation sites (tertiary alicyclic amines) is 1. The van der Waals surface area contributed by atoms with E-state index in [-0.39, 0.29) is 0 Å². The molecule has 2 rings (SSSR count). The molecule has 1 saturated heterocycles. The summed E-state index contributed by atoms with van der Waals surface area (Å²) in [7, 11) is 1.61. The van der Waals surface area contributed by atoms with E-state index in [0.717, 1.165) is 25.2 Å². The van der Waals surface area contributed by atoms with Gasteiger partial charge >= 0.3 is 0 Å². The van der Waals surface area contributed by atoms with Crippen molar-refractivity contribution in [3.8, 4) is 11.5 Å². The fraction of sp³-hybridized carbons (Fsp3) is 0.500. The number of nitrogens with zero attached hydrogens (tertiary/aromatic N) is 2. The smallest absolute Gasteiger partial charge is 0.161 e. The van der Waals surface area contributed by atoms with Crippen molar-refractivity contribution in [2.75, 3.05) is 33.4 Å². The first kappa shape index (κ1) is 13.7. The normalized spacial score (nSPS) is 16.1. The van der Waals surface area contributed by atoms with Gasteiger partial charge in [0.2, 0.25) is 0 Å². The molecule has 0 amide bonds. The number of benzene rings is 1. The summed E-state index contributed by atoms with van der Waals surface area (Å²) in [6.45, 7) is 3.90. The third kappa shape index (κ3) is 3.86. The van der Waals surface area contributed by atoms with Crippen LogP contribution in [0.3, 0.4) is 0 Å². The summed E-state index contributed by atoms with van der Waals surface area (Å²) in [5.74, 6) is 1.37. The molecule has 0 aromatic heterocycles. The van der Waals surface area contributed by atoms with E-state index in [1.165, 1.54) is 19.1 Å². The van der Waals surface area contributed by atoms with Crippen molar-refractivity contribution in [1.29, 1.82) is 0 Å². The average Bonchev–Trinajstić information content (AvgIpc) is 2.93. The van der Waals surface area contributed by atoms with E-state index in [9.17, 15) is 0 Å². The van der Waals surface area contributed by atoms with Crippen LogP contribution in [0.1, 0.15) is 18.4 Å². The molecule has 19 heavy (non-hydrogen) atoms. The average molecular weight is 264 g/mol. The maximum Gasteiger partial charge on any atom is 0.161 e. The van der Waals surface area contributed by atoms with E-state index in [1.54, 1.807) is 7.11 Å². The summed E-state index contributed by atoms with van der Waals surface area (Å²) >= 11 is 0. The SMILES string of the molecule is COc1ccc(C=NO)cc1OCCN1CCCC1. The molecule has 0 aliphatic carbocycles. The van der Waals surface area contributed by atoms with Crippen LogP contribution < -0.4 is 9.47 Å². The van der Waals surface area contributed by atoms with E-state index in [4.69, 9.17) is 14.7 Å². The van der Waals surface area contributed by atoms with Gasteiger partial charge in [-0.2, -0.15) is 0 Å². The topological polar surface area (TPSA) is 54.3 Å². The predicted octanol–water partition coefficient (Wildman–Crippen LogP) is 1.98. The van der Waals surface area contributed by atoms with Gasteiger partial charge in [0.1, 0.15) is 6.61 Å². The Kier molecular flexibility index (Phi) is 5.03. The third-order valence-electron chi connectivity index (χ3n) is 3.26. The van der Waals surface area contributed by atoms with Crippen LogP contribution in [-0.4, -0.2) is 49.7 Å². The van der Waals surface area contributed by atoms with Crippen molar-refractivity contribution in [3.05, 3.63) is 23.8 Å². The van der Waals surface area contributed by atoms with Gasteiger partial charge in [-0.1, -0.05) is 5.16 Å². The standard InChI is InChI=1S/C14H20N2O3/c1-18-13-5-4-12(11-15-17)10-14(13)19-9-8-16-6-2-3-7-16/h4-5,10-11,17H,2-3,6-9H2,1H3. The lowest BCUT2D eigenvalue weighted by Gasteiger charge is -2.16. The number of hydrogen-bond donors (Lipinski definition) is 1. The molecule has 1 aliphatic heterocycles. The minimum absolute atomic E-state index is 0.635. The van der Waals surface area contributed by atoms with Gasteiger partial charge in [0.25, 0.3) is 0 Å². The number of hydrogen-bond acceptors (Lipinski definition) is 5. The van der Waals surface area contributed by atoms with Gasteiger partial charge in [-0.25, -0.2) is 0 Å². The molecule has 0 spiro atoms. The van der Waals surface area contributed by atoms with E-state index in [0.29, 0.717) is 18.1 Å². The van der Waals surface area contributed by atoms with E-state index >= 15 is 0 Å². The molecule has 0 saturated carbocycles. The first-order valence-corrected chi connectivity index (χ1v) is 6.54. The van der Waals surface area contributed by atoms with Crippen molar-refractivity contribution in [2.45, 2.75) is 12.8 Å². The van der Waals surface area contributed by atoms with Crippen LogP contribution in [0, 0.1) is 0 Å². The van der Waals surface area contributed by atoms with Crippen LogP contribution >= 0.6 is 0 Å². The maximum absolute atomic E-state index is 8.55. The highest BCUT2D eigenvalue weighted by molar-refractivity contribution is 5.80. The Hall–Kier alpha value is -1.75. The summed E-state index contributed by atoms with van der Waals surface area (Å²) in [5.41, 5.74) is 0.777. The zero-order valence-electron chi connectivity index (χ0n) is 11.2. The molecule has 1 aromatic rings. The van der Waals surface area contributed by atoms with Crippen LogP contribution in [0.2, 0.25) is 0 Å². The van der Waals surface area contributed by atoms with Crippen LogP contribution in [0.15, 0.2) is 23.4 Å². The van der Waals surface area contributed by atoms with E-state index in [1.807, 2.05) is 18.2 Å². The van der Waals surface area contributed by atoms with Gasteiger partial charge in [-0.3, -0.25) is 4.90 Å². The van der Waals surface area contributed by atoms with Crippen molar-refractivity contribution in [1.82, 2.24) is 4.90 Å². The highest BCUT2D eigenvalue weighted by Crippen LogP contribution is 2.27. The molecule has 1 fully saturated rings. The Labute approximate surface area is 113 Å².